The van der Waals surface area contributed by atoms with E-state index >= 15 is 0 Å². The highest BCUT2D eigenvalue weighted by molar-refractivity contribution is 6.16. The minimum absolute atomic E-state index is 0.501. The second-order valence-electron chi connectivity index (χ2n) is 13.0. The number of rotatable bonds is 11. The van der Waals surface area contributed by atoms with Crippen LogP contribution in [0.1, 0.15) is 133 Å². The van der Waals surface area contributed by atoms with Crippen molar-refractivity contribution in [2.45, 2.75) is 112 Å². The van der Waals surface area contributed by atoms with Crippen molar-refractivity contribution >= 4 is 23.0 Å². The zero-order valence-corrected chi connectivity index (χ0v) is 32.5. The van der Waals surface area contributed by atoms with Crippen LogP contribution in [0.4, 0.5) is 11.4 Å². The highest BCUT2D eigenvalue weighted by Gasteiger charge is 2.13. The van der Waals surface area contributed by atoms with Crippen molar-refractivity contribution < 1.29 is 0 Å². The minimum atomic E-state index is 0.501. The van der Waals surface area contributed by atoms with Crippen LogP contribution in [0.25, 0.3) is 0 Å². The molecule has 0 saturated carbocycles. The van der Waals surface area contributed by atoms with Crippen molar-refractivity contribution in [3.05, 3.63) is 119 Å². The van der Waals surface area contributed by atoms with E-state index in [2.05, 4.69) is 139 Å². The molecule has 2 heterocycles. The molecule has 2 aromatic heterocycles. The quantitative estimate of drug-likeness (QED) is 0.122. The van der Waals surface area contributed by atoms with Gasteiger partial charge in [-0.15, -0.1) is 11.6 Å². The fraction of sp³-hybridized carbons (Fsp3) is 0.476. The predicted molar refractivity (Wildman–Crippen MR) is 212 cm³/mol. The number of anilines is 2. The lowest BCUT2D eigenvalue weighted by molar-refractivity contribution is 0.321. The number of alkyl halides is 1. The molecule has 0 amide bonds. The van der Waals surface area contributed by atoms with Crippen LogP contribution in [0.15, 0.2) is 85.2 Å². The number of aromatic nitrogens is 2. The molecule has 0 unspecified atom stereocenters. The van der Waals surface area contributed by atoms with Crippen molar-refractivity contribution in [1.29, 1.82) is 0 Å². The lowest BCUT2D eigenvalue weighted by atomic mass is 9.92. The fourth-order valence-electron chi connectivity index (χ4n) is 5.19. The second-order valence-corrected chi connectivity index (χ2v) is 13.3. The predicted octanol–water partition coefficient (Wildman–Crippen LogP) is 11.6. The smallest absolute Gasteiger partial charge is 0.0647 e. The minimum Gasteiger partial charge on any atom is -0.398 e. The van der Waals surface area contributed by atoms with Crippen LogP contribution in [0.2, 0.25) is 0 Å². The number of hydrogen-bond acceptors (Lipinski definition) is 5. The van der Waals surface area contributed by atoms with Crippen LogP contribution in [-0.2, 0) is 12.4 Å². The molecular formula is C42H64ClN5. The van der Waals surface area contributed by atoms with Gasteiger partial charge in [-0.05, 0) is 89.8 Å². The lowest BCUT2D eigenvalue weighted by Crippen LogP contribution is -2.21. The van der Waals surface area contributed by atoms with E-state index in [4.69, 9.17) is 17.3 Å². The van der Waals surface area contributed by atoms with Crippen LogP contribution < -0.4 is 11.1 Å². The summed E-state index contributed by atoms with van der Waals surface area (Å²) in [7, 11) is 0. The van der Waals surface area contributed by atoms with Crippen molar-refractivity contribution in [3.8, 4) is 0 Å². The third-order valence-corrected chi connectivity index (χ3v) is 8.44. The second kappa shape index (κ2) is 23.8. The van der Waals surface area contributed by atoms with Crippen molar-refractivity contribution in [2.75, 3.05) is 30.7 Å². The molecule has 0 fully saturated rings. The Balaban J connectivity index is 0.000000352. The average molecular weight is 674 g/mol. The number of benzene rings is 2. The maximum atomic E-state index is 6.09. The Morgan fingerprint density at radius 2 is 0.979 bits per heavy atom. The van der Waals surface area contributed by atoms with E-state index in [9.17, 15) is 0 Å². The van der Waals surface area contributed by atoms with Crippen LogP contribution in [0.5, 0.6) is 0 Å². The van der Waals surface area contributed by atoms with Gasteiger partial charge >= 0.3 is 0 Å². The van der Waals surface area contributed by atoms with E-state index < -0.39 is 0 Å². The van der Waals surface area contributed by atoms with Crippen LogP contribution in [-0.4, -0.2) is 34.5 Å². The van der Waals surface area contributed by atoms with Gasteiger partial charge in [0.25, 0.3) is 0 Å². The molecule has 0 aliphatic rings. The van der Waals surface area contributed by atoms with Crippen LogP contribution in [0.3, 0.4) is 0 Å². The van der Waals surface area contributed by atoms with Gasteiger partial charge < -0.3 is 16.0 Å². The molecule has 2 aromatic carbocycles. The topological polar surface area (TPSA) is 67.1 Å². The largest absolute Gasteiger partial charge is 0.398 e. The van der Waals surface area contributed by atoms with Gasteiger partial charge in [-0.3, -0.25) is 9.97 Å². The van der Waals surface area contributed by atoms with Gasteiger partial charge in [0.05, 0.1) is 23.8 Å². The number of nitrogens with one attached hydrogen (secondary N) is 1. The third-order valence-electron chi connectivity index (χ3n) is 8.17. The van der Waals surface area contributed by atoms with Gasteiger partial charge in [0.15, 0.2) is 0 Å². The van der Waals surface area contributed by atoms with E-state index in [0.29, 0.717) is 29.6 Å². The van der Waals surface area contributed by atoms with Crippen LogP contribution >= 0.6 is 11.6 Å². The average Bonchev–Trinajstić information content (AvgIpc) is 3.09. The van der Waals surface area contributed by atoms with E-state index in [1.165, 1.54) is 47.6 Å². The number of nitrogens with zero attached hydrogens (tertiary/aromatic N) is 3. The van der Waals surface area contributed by atoms with Gasteiger partial charge in [0.1, 0.15) is 0 Å². The molecule has 4 rings (SSSR count). The molecule has 48 heavy (non-hydrogen) atoms. The summed E-state index contributed by atoms with van der Waals surface area (Å²) in [6.07, 6.45) is 3.58. The first-order valence-corrected chi connectivity index (χ1v) is 18.3. The first kappa shape index (κ1) is 42.6. The summed E-state index contributed by atoms with van der Waals surface area (Å²) in [6, 6.07) is 24.7. The van der Waals surface area contributed by atoms with Crippen molar-refractivity contribution in [2.24, 2.45) is 0 Å². The highest BCUT2D eigenvalue weighted by atomic mass is 35.5. The Kier molecular flexibility index (Phi) is 21.2. The molecular weight excluding hydrogens is 610 g/mol. The molecule has 0 aliphatic carbocycles. The molecule has 6 heteroatoms. The van der Waals surface area contributed by atoms with Gasteiger partial charge in [0.2, 0.25) is 0 Å². The summed E-state index contributed by atoms with van der Waals surface area (Å²) in [5, 5.41) is 3.60. The highest BCUT2D eigenvalue weighted by Crippen LogP contribution is 2.32. The number of para-hydroxylation sites is 2. The molecule has 0 bridgehead atoms. The summed E-state index contributed by atoms with van der Waals surface area (Å²) in [4.78, 5) is 10.7. The summed E-state index contributed by atoms with van der Waals surface area (Å²) in [5.74, 6) is 2.55. The monoisotopic (exact) mass is 673 g/mol. The maximum Gasteiger partial charge on any atom is 0.0647 e. The summed E-state index contributed by atoms with van der Waals surface area (Å²) in [6.45, 7) is 28.6. The summed E-state index contributed by atoms with van der Waals surface area (Å²) < 4.78 is 0. The number of nitrogen functional groups attached to an aromatic ring is 1. The zero-order chi connectivity index (χ0) is 36.1. The summed E-state index contributed by atoms with van der Waals surface area (Å²) >= 11 is 5.46. The molecule has 0 radical (unpaired) electrons. The lowest BCUT2D eigenvalue weighted by Gasteiger charge is -2.20. The Hall–Kier alpha value is -3.41. The molecule has 5 nitrogen and oxygen atoms in total. The van der Waals surface area contributed by atoms with Gasteiger partial charge in [-0.2, -0.15) is 0 Å². The number of nitrogens with two attached hydrogens (primary N) is 1. The summed E-state index contributed by atoms with van der Waals surface area (Å²) in [5.41, 5.74) is 15.6. The molecule has 0 atom stereocenters. The fourth-order valence-corrected chi connectivity index (χ4v) is 5.35. The molecule has 0 aliphatic heterocycles. The standard InChI is InChI=1S/C18H24N2.C12H19N.C6H6ClN.C6H15N/c1-13(2)16-9-7-10-17(14(3)4)18(16)20-12-15-8-5-6-11-19-15;1-8(2)10-6-5-7-11(9(3)4)12(10)13;7-5-6-3-1-2-4-8-6;1-4-7(5-2)6-3/h5-11,13-14,20H,12H2,1-4H3;5-9H,13H2,1-4H3;1-4H,5H2;4-6H2,1-3H3. The van der Waals surface area contributed by atoms with E-state index in [-0.39, 0.29) is 0 Å². The first-order valence-electron chi connectivity index (χ1n) is 17.7. The molecule has 264 valence electrons. The van der Waals surface area contributed by atoms with E-state index in [1.54, 1.807) is 6.20 Å². The SMILES string of the molecule is CC(C)c1cccc(C(C)C)c1N.CC(C)c1cccc(C(C)C)c1NCc1ccccn1.CCN(CC)CC.ClCc1ccccn1. The van der Waals surface area contributed by atoms with Gasteiger partial charge in [-0.25, -0.2) is 0 Å². The molecule has 0 saturated heterocycles. The number of halogens is 1. The van der Waals surface area contributed by atoms with Crippen molar-refractivity contribution in [1.82, 2.24) is 14.9 Å². The van der Waals surface area contributed by atoms with E-state index in [0.717, 1.165) is 23.6 Å². The Labute approximate surface area is 298 Å². The number of hydrogen-bond donors (Lipinski definition) is 2. The molecule has 0 spiro atoms. The first-order chi connectivity index (χ1) is 22.9. The Bertz CT molecular complexity index is 1330. The maximum absolute atomic E-state index is 6.09. The van der Waals surface area contributed by atoms with Gasteiger partial charge in [-0.1, -0.05) is 125 Å². The Morgan fingerprint density at radius 3 is 1.27 bits per heavy atom. The Morgan fingerprint density at radius 1 is 0.583 bits per heavy atom. The van der Waals surface area contributed by atoms with E-state index in [1.807, 2.05) is 36.5 Å². The van der Waals surface area contributed by atoms with Crippen LogP contribution in [0, 0.1) is 0 Å². The zero-order valence-electron chi connectivity index (χ0n) is 31.7. The van der Waals surface area contributed by atoms with Crippen molar-refractivity contribution in [3.63, 3.8) is 0 Å². The molecule has 3 N–H and O–H groups in total. The molecule has 4 aromatic rings. The third kappa shape index (κ3) is 15.2. The normalized spacial score (nSPS) is 10.7. The number of pyridine rings is 2. The van der Waals surface area contributed by atoms with Gasteiger partial charge in [0, 0.05) is 23.8 Å².